The quantitative estimate of drug-likeness (QED) is 0.908. The van der Waals surface area contributed by atoms with E-state index in [4.69, 9.17) is 11.6 Å². The number of piperidine rings is 1. The lowest BCUT2D eigenvalue weighted by atomic mass is 9.89. The first-order valence-electron chi connectivity index (χ1n) is 8.47. The maximum absolute atomic E-state index is 11.1. The monoisotopic (exact) mass is 359 g/mol. The zero-order chi connectivity index (χ0) is 18.0. The minimum absolute atomic E-state index is 0.205. The van der Waals surface area contributed by atoms with Crippen LogP contribution in [0.5, 0.6) is 0 Å². The molecule has 1 unspecified atom stereocenters. The molecule has 2 aromatic rings. The number of aromatic nitrogens is 3. The van der Waals surface area contributed by atoms with E-state index in [0.29, 0.717) is 35.8 Å². The summed E-state index contributed by atoms with van der Waals surface area (Å²) in [6.07, 6.45) is 3.35. The molecule has 0 saturated carbocycles. The maximum atomic E-state index is 11.1. The number of β-amino-alcohol motifs (C(OH)–C–C–N with tert-alkyl or cyclic N) is 1. The third-order valence-corrected chi connectivity index (χ3v) is 4.89. The first-order chi connectivity index (χ1) is 11.9. The molecule has 0 aliphatic carbocycles. The molecule has 1 aromatic heterocycles. The van der Waals surface area contributed by atoms with Crippen LogP contribution in [0.15, 0.2) is 24.4 Å². The molecule has 7 heteroatoms. The van der Waals surface area contributed by atoms with Gasteiger partial charge in [0.1, 0.15) is 11.3 Å². The van der Waals surface area contributed by atoms with Gasteiger partial charge in [0.15, 0.2) is 0 Å². The zero-order valence-corrected chi connectivity index (χ0v) is 15.2. The zero-order valence-electron chi connectivity index (χ0n) is 14.5. The van der Waals surface area contributed by atoms with Gasteiger partial charge in [-0.25, -0.2) is 4.68 Å². The summed E-state index contributed by atoms with van der Waals surface area (Å²) < 4.78 is 1.76. The van der Waals surface area contributed by atoms with E-state index < -0.39 is 5.60 Å². The lowest BCUT2D eigenvalue weighted by molar-refractivity contribution is -0.0414. The molecule has 25 heavy (non-hydrogen) atoms. The van der Waals surface area contributed by atoms with Gasteiger partial charge >= 0.3 is 0 Å². The maximum Gasteiger partial charge on any atom is 0.123 e. The van der Waals surface area contributed by atoms with Crippen molar-refractivity contribution < 1.29 is 5.11 Å². The second-order valence-corrected chi connectivity index (χ2v) is 7.37. The number of rotatable bonds is 4. The van der Waals surface area contributed by atoms with E-state index in [9.17, 15) is 10.4 Å². The van der Waals surface area contributed by atoms with Gasteiger partial charge in [0.2, 0.25) is 0 Å². The van der Waals surface area contributed by atoms with E-state index in [0.717, 1.165) is 18.5 Å². The number of hydrogen-bond donors (Lipinski definition) is 1. The number of aliphatic hydroxyl groups is 1. The Hall–Kier alpha value is -1.94. The van der Waals surface area contributed by atoms with E-state index in [-0.39, 0.29) is 6.04 Å². The summed E-state index contributed by atoms with van der Waals surface area (Å²) in [5.74, 6) is 0. The largest absolute Gasteiger partial charge is 0.382 e. The molecule has 1 aromatic carbocycles. The van der Waals surface area contributed by atoms with Crippen LogP contribution in [0.2, 0.25) is 5.02 Å². The van der Waals surface area contributed by atoms with Crippen molar-refractivity contribution in [3.05, 3.63) is 46.2 Å². The fraction of sp³-hybridized carbons (Fsp3) is 0.500. The van der Waals surface area contributed by atoms with E-state index in [2.05, 4.69) is 21.3 Å². The molecule has 1 atom stereocenters. The molecule has 0 bridgehead atoms. The Labute approximate surface area is 152 Å². The van der Waals surface area contributed by atoms with E-state index in [1.807, 2.05) is 26.1 Å². The number of benzene rings is 1. The van der Waals surface area contributed by atoms with Crippen molar-refractivity contribution in [1.29, 1.82) is 5.26 Å². The summed E-state index contributed by atoms with van der Waals surface area (Å²) >= 11 is 5.97. The van der Waals surface area contributed by atoms with Gasteiger partial charge in [-0.3, -0.25) is 4.90 Å². The summed E-state index contributed by atoms with van der Waals surface area (Å²) in [5.41, 5.74) is 1.10. The molecule has 1 N–H and O–H groups in total. The highest BCUT2D eigenvalue weighted by atomic mass is 35.5. The van der Waals surface area contributed by atoms with Gasteiger partial charge < -0.3 is 5.11 Å². The Kier molecular flexibility index (Phi) is 5.09. The molecule has 1 aliphatic rings. The summed E-state index contributed by atoms with van der Waals surface area (Å²) in [6, 6.07) is 7.75. The smallest absolute Gasteiger partial charge is 0.123 e. The number of hydrogen-bond acceptors (Lipinski definition) is 5. The van der Waals surface area contributed by atoms with Crippen LogP contribution in [0, 0.1) is 11.3 Å². The van der Waals surface area contributed by atoms with Crippen molar-refractivity contribution >= 4 is 11.6 Å². The lowest BCUT2D eigenvalue weighted by Crippen LogP contribution is -2.46. The first-order valence-corrected chi connectivity index (χ1v) is 8.84. The Balaban J connectivity index is 1.78. The van der Waals surface area contributed by atoms with Gasteiger partial charge in [0, 0.05) is 24.2 Å². The Morgan fingerprint density at radius 1 is 1.44 bits per heavy atom. The van der Waals surface area contributed by atoms with E-state index >= 15 is 0 Å². The van der Waals surface area contributed by atoms with Crippen LogP contribution < -0.4 is 0 Å². The average molecular weight is 360 g/mol. The van der Waals surface area contributed by atoms with Crippen LogP contribution in [0.1, 0.15) is 49.6 Å². The van der Waals surface area contributed by atoms with Crippen LogP contribution >= 0.6 is 11.6 Å². The normalized spacial score (nSPS) is 21.4. The fourth-order valence-electron chi connectivity index (χ4n) is 3.24. The lowest BCUT2D eigenvalue weighted by Gasteiger charge is -2.38. The molecular formula is C18H22ClN5O. The second-order valence-electron chi connectivity index (χ2n) is 6.94. The number of likely N-dealkylation sites (tertiary alicyclic amines) is 1. The van der Waals surface area contributed by atoms with Crippen molar-refractivity contribution in [3.8, 4) is 6.07 Å². The van der Waals surface area contributed by atoms with E-state index in [1.54, 1.807) is 16.8 Å². The third kappa shape index (κ3) is 3.84. The number of nitriles is 1. The van der Waals surface area contributed by atoms with Crippen LogP contribution in [0.25, 0.3) is 0 Å². The summed E-state index contributed by atoms with van der Waals surface area (Å²) in [6.45, 7) is 5.99. The molecule has 132 valence electrons. The van der Waals surface area contributed by atoms with Gasteiger partial charge in [0.05, 0.1) is 17.8 Å². The molecule has 1 aliphatic heterocycles. The van der Waals surface area contributed by atoms with Crippen molar-refractivity contribution in [2.45, 2.75) is 44.9 Å². The minimum atomic E-state index is -1.01. The first kappa shape index (κ1) is 17.9. The molecule has 6 nitrogen and oxygen atoms in total. The molecule has 1 fully saturated rings. The molecule has 3 rings (SSSR count). The molecule has 1 saturated heterocycles. The van der Waals surface area contributed by atoms with Crippen LogP contribution in [0.3, 0.4) is 0 Å². The van der Waals surface area contributed by atoms with Crippen LogP contribution in [-0.2, 0) is 12.1 Å². The highest BCUT2D eigenvalue weighted by molar-refractivity contribution is 6.30. The molecule has 0 spiro atoms. The van der Waals surface area contributed by atoms with Crippen molar-refractivity contribution in [1.82, 2.24) is 19.9 Å². The fourth-order valence-corrected chi connectivity index (χ4v) is 3.41. The molecular weight excluding hydrogens is 338 g/mol. The van der Waals surface area contributed by atoms with Crippen molar-refractivity contribution in [2.75, 3.05) is 13.1 Å². The van der Waals surface area contributed by atoms with Crippen LogP contribution in [0.4, 0.5) is 0 Å². The van der Waals surface area contributed by atoms with Gasteiger partial charge in [-0.05, 0) is 50.9 Å². The predicted octanol–water partition coefficient (Wildman–Crippen LogP) is 2.87. The second kappa shape index (κ2) is 7.12. The predicted molar refractivity (Wildman–Crippen MR) is 95.0 cm³/mol. The topological polar surface area (TPSA) is 78.0 Å². The average Bonchev–Trinajstić information content (AvgIpc) is 3.08. The van der Waals surface area contributed by atoms with Crippen LogP contribution in [-0.4, -0.2) is 38.1 Å². The highest BCUT2D eigenvalue weighted by Crippen LogP contribution is 2.31. The summed E-state index contributed by atoms with van der Waals surface area (Å²) in [7, 11) is 0. The van der Waals surface area contributed by atoms with Crippen molar-refractivity contribution in [3.63, 3.8) is 0 Å². The minimum Gasteiger partial charge on any atom is -0.382 e. The molecule has 0 radical (unpaired) electrons. The van der Waals surface area contributed by atoms with Gasteiger partial charge in [-0.2, -0.15) is 5.26 Å². The Bertz CT molecular complexity index is 797. The highest BCUT2D eigenvalue weighted by Gasteiger charge is 2.37. The molecule has 2 heterocycles. The summed E-state index contributed by atoms with van der Waals surface area (Å²) in [4.78, 5) is 2.15. The Morgan fingerprint density at radius 3 is 2.92 bits per heavy atom. The standard InChI is InChI=1S/C18H22ClN5O/c1-13(2)24-11-17(21-22-24)18(25)6-3-7-23(12-18)10-14-4-5-16(19)8-15(14)9-20/h4-5,8,11,13,25H,3,6-7,10,12H2,1-2H3. The van der Waals surface area contributed by atoms with Gasteiger partial charge in [-0.15, -0.1) is 5.10 Å². The van der Waals surface area contributed by atoms with E-state index in [1.165, 1.54) is 0 Å². The summed E-state index contributed by atoms with van der Waals surface area (Å²) in [5, 5.41) is 29.3. The van der Waals surface area contributed by atoms with Gasteiger partial charge in [-0.1, -0.05) is 22.9 Å². The number of nitrogens with zero attached hydrogens (tertiary/aromatic N) is 5. The van der Waals surface area contributed by atoms with Gasteiger partial charge in [0.25, 0.3) is 0 Å². The number of halogens is 1. The Morgan fingerprint density at radius 2 is 2.24 bits per heavy atom. The SMILES string of the molecule is CC(C)n1cc(C2(O)CCCN(Cc3ccc(Cl)cc3C#N)C2)nn1. The van der Waals surface area contributed by atoms with Crippen molar-refractivity contribution in [2.24, 2.45) is 0 Å². The third-order valence-electron chi connectivity index (χ3n) is 4.65. The molecule has 0 amide bonds.